The number of carbonyl (C=O) groups excluding carboxylic acids is 1. The predicted molar refractivity (Wildman–Crippen MR) is 116 cm³/mol. The van der Waals surface area contributed by atoms with Crippen LogP contribution in [-0.2, 0) is 11.3 Å². The van der Waals surface area contributed by atoms with E-state index in [0.29, 0.717) is 33.3 Å². The van der Waals surface area contributed by atoms with E-state index >= 15 is 0 Å². The number of nitrogens with one attached hydrogen (secondary N) is 2. The normalized spacial score (nSPS) is 10.6. The van der Waals surface area contributed by atoms with Gasteiger partial charge in [0.25, 0.3) is 0 Å². The third-order valence-electron chi connectivity index (χ3n) is 3.84. The van der Waals surface area contributed by atoms with Crippen molar-refractivity contribution in [1.82, 2.24) is 14.9 Å². The van der Waals surface area contributed by atoms with Crippen LogP contribution in [0.5, 0.6) is 5.75 Å². The number of methoxy groups -OCH3 is 1. The number of rotatable bonds is 8. The van der Waals surface area contributed by atoms with E-state index in [9.17, 15) is 4.79 Å². The lowest BCUT2D eigenvalue weighted by Crippen LogP contribution is -2.18. The Bertz CT molecular complexity index is 976. The molecule has 0 fully saturated rings. The van der Waals surface area contributed by atoms with Crippen molar-refractivity contribution in [2.45, 2.75) is 11.7 Å². The number of para-hydroxylation sites is 1. The van der Waals surface area contributed by atoms with Crippen molar-refractivity contribution in [2.24, 2.45) is 0 Å². The zero-order valence-electron chi connectivity index (χ0n) is 15.4. The summed E-state index contributed by atoms with van der Waals surface area (Å²) < 4.78 is 6.47. The molecule has 0 aliphatic rings. The number of anilines is 2. The molecule has 11 heteroatoms. The first-order valence-electron chi connectivity index (χ1n) is 8.42. The smallest absolute Gasteiger partial charge is 0.234 e. The van der Waals surface area contributed by atoms with Gasteiger partial charge in [-0.05, 0) is 36.4 Å². The Morgan fingerprint density at radius 1 is 1.17 bits per heavy atom. The van der Waals surface area contributed by atoms with Gasteiger partial charge in [-0.3, -0.25) is 4.79 Å². The minimum atomic E-state index is -0.286. The molecule has 0 saturated carbocycles. The molecule has 152 valence electrons. The molecule has 0 bridgehead atoms. The quantitative estimate of drug-likeness (QED) is 0.353. The molecule has 4 N–H and O–H groups in total. The van der Waals surface area contributed by atoms with Crippen LogP contribution < -0.4 is 21.2 Å². The number of benzene rings is 2. The Hall–Kier alpha value is -2.62. The molecule has 0 aliphatic carbocycles. The zero-order valence-corrected chi connectivity index (χ0v) is 17.7. The Morgan fingerprint density at radius 3 is 2.52 bits per heavy atom. The van der Waals surface area contributed by atoms with Gasteiger partial charge in [0.1, 0.15) is 5.75 Å². The van der Waals surface area contributed by atoms with E-state index < -0.39 is 0 Å². The number of hydrogen-bond donors (Lipinski definition) is 3. The van der Waals surface area contributed by atoms with Gasteiger partial charge in [-0.15, -0.1) is 10.2 Å². The molecule has 3 aromatic rings. The second-order valence-corrected chi connectivity index (χ2v) is 7.54. The molecule has 1 aromatic heterocycles. The summed E-state index contributed by atoms with van der Waals surface area (Å²) in [6.07, 6.45) is 0. The average molecular weight is 453 g/mol. The van der Waals surface area contributed by atoms with Crippen LogP contribution in [0.2, 0.25) is 10.0 Å². The van der Waals surface area contributed by atoms with E-state index in [0.717, 1.165) is 23.2 Å². The second-order valence-electron chi connectivity index (χ2n) is 5.78. The van der Waals surface area contributed by atoms with Crippen LogP contribution in [0.3, 0.4) is 0 Å². The highest BCUT2D eigenvalue weighted by atomic mass is 35.5. The molecular formula is C18H18Cl2N6O2S. The highest BCUT2D eigenvalue weighted by Crippen LogP contribution is 2.30. The molecular weight excluding hydrogens is 435 g/mol. The Balaban J connectivity index is 1.54. The summed E-state index contributed by atoms with van der Waals surface area (Å²) in [6, 6.07) is 12.5. The van der Waals surface area contributed by atoms with Crippen LogP contribution in [0, 0.1) is 0 Å². The third kappa shape index (κ3) is 5.47. The highest BCUT2D eigenvalue weighted by molar-refractivity contribution is 7.99. The number of ether oxygens (including phenoxy) is 1. The van der Waals surface area contributed by atoms with Crippen molar-refractivity contribution >= 4 is 52.2 Å². The predicted octanol–water partition coefficient (Wildman–Crippen LogP) is 3.65. The summed E-state index contributed by atoms with van der Waals surface area (Å²) in [5, 5.41) is 15.1. The van der Waals surface area contributed by atoms with Crippen LogP contribution in [0.15, 0.2) is 47.6 Å². The molecule has 3 rings (SSSR count). The van der Waals surface area contributed by atoms with Crippen molar-refractivity contribution < 1.29 is 9.53 Å². The maximum Gasteiger partial charge on any atom is 0.234 e. The number of halogens is 2. The minimum absolute atomic E-state index is 0.0722. The van der Waals surface area contributed by atoms with E-state index in [1.54, 1.807) is 25.3 Å². The lowest BCUT2D eigenvalue weighted by atomic mass is 10.3. The average Bonchev–Trinajstić information content (AvgIpc) is 3.07. The summed E-state index contributed by atoms with van der Waals surface area (Å²) in [5.74, 6) is 7.12. The Morgan fingerprint density at radius 2 is 1.86 bits per heavy atom. The molecule has 29 heavy (non-hydrogen) atoms. The topological polar surface area (TPSA) is 107 Å². The van der Waals surface area contributed by atoms with E-state index in [4.69, 9.17) is 33.8 Å². The summed E-state index contributed by atoms with van der Waals surface area (Å²) in [4.78, 5) is 12.2. The van der Waals surface area contributed by atoms with Crippen LogP contribution in [0.1, 0.15) is 5.82 Å². The van der Waals surface area contributed by atoms with Crippen LogP contribution in [0.25, 0.3) is 0 Å². The number of nitrogens with zero attached hydrogens (tertiary/aromatic N) is 3. The van der Waals surface area contributed by atoms with Gasteiger partial charge in [-0.2, -0.15) is 0 Å². The SMILES string of the molecule is COc1ccc(NCc2nnc(SCC(=O)Nc3c(Cl)cccc3Cl)n2N)cc1. The van der Waals surface area contributed by atoms with E-state index in [1.165, 1.54) is 4.68 Å². The fourth-order valence-corrected chi connectivity index (χ4v) is 3.51. The summed E-state index contributed by atoms with van der Waals surface area (Å²) >= 11 is 13.3. The fourth-order valence-electron chi connectivity index (χ4n) is 2.34. The number of thioether (sulfide) groups is 1. The summed E-state index contributed by atoms with van der Waals surface area (Å²) in [7, 11) is 1.61. The molecule has 0 aliphatic heterocycles. The molecule has 1 amide bonds. The number of carbonyl (C=O) groups is 1. The first-order valence-corrected chi connectivity index (χ1v) is 10.2. The summed E-state index contributed by atoms with van der Waals surface area (Å²) in [5.41, 5.74) is 1.26. The molecule has 2 aromatic carbocycles. The van der Waals surface area contributed by atoms with Crippen molar-refractivity contribution in [2.75, 3.05) is 29.3 Å². The minimum Gasteiger partial charge on any atom is -0.497 e. The second kappa shape index (κ2) is 9.73. The number of nitrogen functional groups attached to an aromatic ring is 1. The maximum atomic E-state index is 12.2. The molecule has 1 heterocycles. The van der Waals surface area contributed by atoms with Crippen LogP contribution in [0.4, 0.5) is 11.4 Å². The molecule has 0 unspecified atom stereocenters. The highest BCUT2D eigenvalue weighted by Gasteiger charge is 2.14. The van der Waals surface area contributed by atoms with Gasteiger partial charge in [0.15, 0.2) is 5.82 Å². The first kappa shape index (κ1) is 21.1. The number of amides is 1. The zero-order chi connectivity index (χ0) is 20.8. The van der Waals surface area contributed by atoms with Crippen molar-refractivity contribution in [3.05, 3.63) is 58.3 Å². The first-order chi connectivity index (χ1) is 14.0. The van der Waals surface area contributed by atoms with Gasteiger partial charge in [0, 0.05) is 5.69 Å². The van der Waals surface area contributed by atoms with E-state index in [2.05, 4.69) is 20.8 Å². The van der Waals surface area contributed by atoms with Gasteiger partial charge in [0.05, 0.1) is 35.1 Å². The number of nitrogens with two attached hydrogens (primary N) is 1. The van der Waals surface area contributed by atoms with Crippen molar-refractivity contribution in [1.29, 1.82) is 0 Å². The van der Waals surface area contributed by atoms with E-state index in [-0.39, 0.29) is 11.7 Å². The molecule has 0 atom stereocenters. The number of hydrogen-bond acceptors (Lipinski definition) is 7. The summed E-state index contributed by atoms with van der Waals surface area (Å²) in [6.45, 7) is 0.373. The third-order valence-corrected chi connectivity index (χ3v) is 5.41. The van der Waals surface area contributed by atoms with Gasteiger partial charge < -0.3 is 21.2 Å². The van der Waals surface area contributed by atoms with Crippen LogP contribution in [-0.4, -0.2) is 33.6 Å². The van der Waals surface area contributed by atoms with Crippen molar-refractivity contribution in [3.8, 4) is 5.75 Å². The lowest BCUT2D eigenvalue weighted by Gasteiger charge is -2.09. The number of aromatic nitrogens is 3. The molecule has 0 spiro atoms. The Labute approximate surface area is 181 Å². The largest absolute Gasteiger partial charge is 0.497 e. The Kier molecular flexibility index (Phi) is 7.08. The van der Waals surface area contributed by atoms with E-state index in [1.807, 2.05) is 24.3 Å². The van der Waals surface area contributed by atoms with Gasteiger partial charge in [0.2, 0.25) is 11.1 Å². The standard InChI is InChI=1S/C18H18Cl2N6O2S/c1-28-12-7-5-11(6-8-12)22-9-15-24-25-18(26(15)21)29-10-16(27)23-17-13(19)3-2-4-14(17)20/h2-8,22H,9-10,21H2,1H3,(H,23,27). The molecule has 0 radical (unpaired) electrons. The van der Waals surface area contributed by atoms with Gasteiger partial charge in [-0.25, -0.2) is 4.68 Å². The molecule has 8 nitrogen and oxygen atoms in total. The lowest BCUT2D eigenvalue weighted by molar-refractivity contribution is -0.113. The monoisotopic (exact) mass is 452 g/mol. The van der Waals surface area contributed by atoms with Gasteiger partial charge in [-0.1, -0.05) is 41.0 Å². The van der Waals surface area contributed by atoms with Crippen molar-refractivity contribution in [3.63, 3.8) is 0 Å². The maximum absolute atomic E-state index is 12.2. The molecule has 0 saturated heterocycles. The fraction of sp³-hybridized carbons (Fsp3) is 0.167. The van der Waals surface area contributed by atoms with Gasteiger partial charge >= 0.3 is 0 Å². The van der Waals surface area contributed by atoms with Crippen LogP contribution >= 0.6 is 35.0 Å².